The van der Waals surface area contributed by atoms with E-state index in [0.29, 0.717) is 5.76 Å². The van der Waals surface area contributed by atoms with E-state index in [9.17, 15) is 5.11 Å². The second-order valence-corrected chi connectivity index (χ2v) is 2.27. The van der Waals surface area contributed by atoms with Crippen molar-refractivity contribution in [3.63, 3.8) is 0 Å². The first-order valence-corrected chi connectivity index (χ1v) is 3.36. The number of aliphatic hydroxyl groups excluding tert-OH is 1. The minimum absolute atomic E-state index is 0.0931. The van der Waals surface area contributed by atoms with E-state index in [2.05, 4.69) is 9.68 Å². The summed E-state index contributed by atoms with van der Waals surface area (Å²) in [5.74, 6) is 0.0404. The largest absolute Gasteiger partial charge is 0.504 e. The Kier molecular flexibility index (Phi) is 2.32. The Morgan fingerprint density at radius 1 is 1.54 bits per heavy atom. The van der Waals surface area contributed by atoms with Gasteiger partial charge in [-0.2, -0.15) is 10.5 Å². The molecule has 0 bridgehead atoms. The van der Waals surface area contributed by atoms with Crippen LogP contribution in [0.4, 0.5) is 0 Å². The normalized spacial score (nSPS) is 8.54. The molecule has 13 heavy (non-hydrogen) atoms. The van der Waals surface area contributed by atoms with E-state index in [0.717, 1.165) is 0 Å². The summed E-state index contributed by atoms with van der Waals surface area (Å²) in [4.78, 5) is 0. The predicted molar refractivity (Wildman–Crippen MR) is 42.0 cm³/mol. The number of nitriles is 2. The zero-order valence-electron chi connectivity index (χ0n) is 6.77. The summed E-state index contributed by atoms with van der Waals surface area (Å²) >= 11 is 0. The molecule has 1 rings (SSSR count). The number of allylic oxidation sites excluding steroid dienone is 1. The standard InChI is InChI=1S/C8H5N3O2/c1-5-2-7(11-13-5)8(12)6(3-9)4-10/h2,12H,1H3. The summed E-state index contributed by atoms with van der Waals surface area (Å²) in [5, 5.41) is 29.6. The lowest BCUT2D eigenvalue weighted by Gasteiger charge is -1.89. The smallest absolute Gasteiger partial charge is 0.173 e. The topological polar surface area (TPSA) is 93.8 Å². The third-order valence-electron chi connectivity index (χ3n) is 1.33. The van der Waals surface area contributed by atoms with Crippen molar-refractivity contribution >= 4 is 5.76 Å². The molecule has 0 unspecified atom stereocenters. The Hall–Kier alpha value is -2.27. The van der Waals surface area contributed by atoms with Crippen molar-refractivity contribution in [1.82, 2.24) is 5.16 Å². The number of nitrogens with zero attached hydrogens (tertiary/aromatic N) is 3. The Labute approximate surface area is 74.1 Å². The van der Waals surface area contributed by atoms with E-state index in [1.807, 2.05) is 0 Å². The average molecular weight is 175 g/mol. The number of aliphatic hydroxyl groups is 1. The van der Waals surface area contributed by atoms with Gasteiger partial charge in [0.15, 0.2) is 17.0 Å². The van der Waals surface area contributed by atoms with Gasteiger partial charge in [0, 0.05) is 6.07 Å². The molecule has 64 valence electrons. The molecule has 0 saturated heterocycles. The van der Waals surface area contributed by atoms with E-state index in [4.69, 9.17) is 10.5 Å². The molecule has 0 aliphatic heterocycles. The molecular formula is C8H5N3O2. The SMILES string of the molecule is Cc1cc(C(O)=C(C#N)C#N)no1. The molecule has 0 aromatic carbocycles. The van der Waals surface area contributed by atoms with Crippen LogP contribution >= 0.6 is 0 Å². The van der Waals surface area contributed by atoms with Gasteiger partial charge in [0.1, 0.15) is 17.9 Å². The molecule has 5 heteroatoms. The molecule has 0 saturated carbocycles. The zero-order chi connectivity index (χ0) is 9.84. The molecule has 0 fully saturated rings. The average Bonchev–Trinajstić information content (AvgIpc) is 2.54. The minimum atomic E-state index is -0.457. The lowest BCUT2D eigenvalue weighted by molar-refractivity contribution is 0.390. The molecule has 0 amide bonds. The second kappa shape index (κ2) is 3.42. The highest BCUT2D eigenvalue weighted by Crippen LogP contribution is 2.14. The first kappa shape index (κ1) is 8.82. The van der Waals surface area contributed by atoms with Crippen molar-refractivity contribution in [2.24, 2.45) is 0 Å². The van der Waals surface area contributed by atoms with Crippen LogP contribution < -0.4 is 0 Å². The van der Waals surface area contributed by atoms with Gasteiger partial charge >= 0.3 is 0 Å². The van der Waals surface area contributed by atoms with Crippen LogP contribution in [-0.4, -0.2) is 10.3 Å². The molecule has 0 radical (unpaired) electrons. The summed E-state index contributed by atoms with van der Waals surface area (Å²) in [6.07, 6.45) is 0. The molecule has 0 aliphatic carbocycles. The van der Waals surface area contributed by atoms with Gasteiger partial charge in [-0.05, 0) is 6.92 Å². The van der Waals surface area contributed by atoms with Crippen LogP contribution in [0.3, 0.4) is 0 Å². The van der Waals surface area contributed by atoms with Crippen molar-refractivity contribution in [3.8, 4) is 12.1 Å². The molecule has 0 atom stereocenters. The minimum Gasteiger partial charge on any atom is -0.504 e. The fourth-order valence-electron chi connectivity index (χ4n) is 0.737. The zero-order valence-corrected chi connectivity index (χ0v) is 6.77. The molecule has 1 N–H and O–H groups in total. The van der Waals surface area contributed by atoms with E-state index in [1.54, 1.807) is 19.1 Å². The Morgan fingerprint density at radius 3 is 2.54 bits per heavy atom. The van der Waals surface area contributed by atoms with Crippen LogP contribution in [0.1, 0.15) is 11.5 Å². The Morgan fingerprint density at radius 2 is 2.15 bits per heavy atom. The summed E-state index contributed by atoms with van der Waals surface area (Å²) < 4.78 is 4.66. The van der Waals surface area contributed by atoms with Gasteiger partial charge in [-0.1, -0.05) is 5.16 Å². The molecule has 0 spiro atoms. The maximum atomic E-state index is 9.31. The van der Waals surface area contributed by atoms with Crippen molar-refractivity contribution in [1.29, 1.82) is 10.5 Å². The van der Waals surface area contributed by atoms with Crippen LogP contribution in [0.5, 0.6) is 0 Å². The third-order valence-corrected chi connectivity index (χ3v) is 1.33. The summed E-state index contributed by atoms with van der Waals surface area (Å²) in [6.45, 7) is 1.64. The highest BCUT2D eigenvalue weighted by molar-refractivity contribution is 5.67. The Balaban J connectivity index is 3.19. The molecule has 1 aromatic heterocycles. The van der Waals surface area contributed by atoms with Gasteiger partial charge in [-0.25, -0.2) is 0 Å². The highest BCUT2D eigenvalue weighted by atomic mass is 16.5. The van der Waals surface area contributed by atoms with Crippen LogP contribution in [0.25, 0.3) is 5.76 Å². The highest BCUT2D eigenvalue weighted by Gasteiger charge is 2.11. The maximum Gasteiger partial charge on any atom is 0.173 e. The van der Waals surface area contributed by atoms with Crippen LogP contribution in [0, 0.1) is 29.6 Å². The quantitative estimate of drug-likeness (QED) is 0.512. The van der Waals surface area contributed by atoms with E-state index in [1.165, 1.54) is 6.07 Å². The van der Waals surface area contributed by atoms with Crippen LogP contribution in [0.15, 0.2) is 16.2 Å². The maximum absolute atomic E-state index is 9.31. The predicted octanol–water partition coefficient (Wildman–Crippen LogP) is 1.30. The van der Waals surface area contributed by atoms with Crippen molar-refractivity contribution in [3.05, 3.63) is 23.1 Å². The molecule has 5 nitrogen and oxygen atoms in total. The number of aryl methyl sites for hydroxylation is 1. The molecule has 0 aliphatic rings. The van der Waals surface area contributed by atoms with Crippen molar-refractivity contribution < 1.29 is 9.63 Å². The van der Waals surface area contributed by atoms with Crippen LogP contribution in [-0.2, 0) is 0 Å². The third kappa shape index (κ3) is 1.66. The number of aromatic nitrogens is 1. The summed E-state index contributed by atoms with van der Waals surface area (Å²) in [6, 6.07) is 4.53. The summed E-state index contributed by atoms with van der Waals surface area (Å²) in [5.41, 5.74) is -0.288. The lowest BCUT2D eigenvalue weighted by atomic mass is 10.2. The molecule has 1 aromatic rings. The van der Waals surface area contributed by atoms with E-state index >= 15 is 0 Å². The first-order valence-electron chi connectivity index (χ1n) is 3.36. The van der Waals surface area contributed by atoms with Gasteiger partial charge in [0.05, 0.1) is 0 Å². The van der Waals surface area contributed by atoms with Crippen LogP contribution in [0.2, 0.25) is 0 Å². The number of hydrogen-bond donors (Lipinski definition) is 1. The van der Waals surface area contributed by atoms with Gasteiger partial charge in [-0.3, -0.25) is 0 Å². The molecular weight excluding hydrogens is 170 g/mol. The van der Waals surface area contributed by atoms with Gasteiger partial charge in [0.25, 0.3) is 0 Å². The molecule has 1 heterocycles. The van der Waals surface area contributed by atoms with Gasteiger partial charge in [0.2, 0.25) is 0 Å². The van der Waals surface area contributed by atoms with E-state index < -0.39 is 5.76 Å². The van der Waals surface area contributed by atoms with Gasteiger partial charge < -0.3 is 9.63 Å². The lowest BCUT2D eigenvalue weighted by Crippen LogP contribution is -1.87. The number of hydrogen-bond acceptors (Lipinski definition) is 5. The number of rotatable bonds is 1. The van der Waals surface area contributed by atoms with Gasteiger partial charge in [-0.15, -0.1) is 0 Å². The first-order chi connectivity index (χ1) is 6.19. The summed E-state index contributed by atoms with van der Waals surface area (Å²) in [7, 11) is 0. The Bertz CT molecular complexity index is 415. The monoisotopic (exact) mass is 175 g/mol. The second-order valence-electron chi connectivity index (χ2n) is 2.27. The fourth-order valence-corrected chi connectivity index (χ4v) is 0.737. The van der Waals surface area contributed by atoms with Crippen molar-refractivity contribution in [2.45, 2.75) is 6.92 Å². The fraction of sp³-hybridized carbons (Fsp3) is 0.125. The van der Waals surface area contributed by atoms with E-state index in [-0.39, 0.29) is 11.3 Å². The van der Waals surface area contributed by atoms with Crippen molar-refractivity contribution in [2.75, 3.05) is 0 Å².